The van der Waals surface area contributed by atoms with Crippen LogP contribution in [0.2, 0.25) is 0 Å². The minimum atomic E-state index is -1.07. The summed E-state index contributed by atoms with van der Waals surface area (Å²) in [5.41, 5.74) is 1.15. The van der Waals surface area contributed by atoms with E-state index < -0.39 is 11.9 Å². The fourth-order valence-corrected chi connectivity index (χ4v) is 1.72. The lowest BCUT2D eigenvalue weighted by Gasteiger charge is -2.09. The first-order valence-corrected chi connectivity index (χ1v) is 6.23. The number of carbonyl (C=O) groups is 2. The molecule has 0 bridgehead atoms. The molecular formula is C13H15ClO4. The molecule has 0 aliphatic rings. The summed E-state index contributed by atoms with van der Waals surface area (Å²) in [5.74, 6) is -1.07. The summed E-state index contributed by atoms with van der Waals surface area (Å²) >= 11 is 5.62. The number of carbonyl (C=O) groups excluding carboxylic acids is 1. The van der Waals surface area contributed by atoms with Gasteiger partial charge in [-0.3, -0.25) is 0 Å². The zero-order chi connectivity index (χ0) is 13.5. The van der Waals surface area contributed by atoms with Gasteiger partial charge in [-0.2, -0.15) is 0 Å². The SMILES string of the molecule is CCOC(=O)c1cc(C(=O)O)ccc1CCCCl. The van der Waals surface area contributed by atoms with Crippen molar-refractivity contribution < 1.29 is 19.4 Å². The summed E-state index contributed by atoms with van der Waals surface area (Å²) in [6.07, 6.45) is 1.35. The molecule has 0 heterocycles. The van der Waals surface area contributed by atoms with Crippen LogP contribution in [0, 0.1) is 0 Å². The second-order valence-electron chi connectivity index (χ2n) is 3.69. The predicted molar refractivity (Wildman–Crippen MR) is 68.4 cm³/mol. The van der Waals surface area contributed by atoms with Gasteiger partial charge in [-0.15, -0.1) is 11.6 Å². The van der Waals surface area contributed by atoms with Gasteiger partial charge < -0.3 is 9.84 Å². The maximum atomic E-state index is 11.8. The van der Waals surface area contributed by atoms with Gasteiger partial charge in [0.15, 0.2) is 0 Å². The molecule has 98 valence electrons. The Kier molecular flexibility index (Phi) is 5.65. The van der Waals surface area contributed by atoms with Crippen molar-refractivity contribution in [3.05, 3.63) is 34.9 Å². The summed E-state index contributed by atoms with van der Waals surface area (Å²) in [5, 5.41) is 8.91. The molecule has 0 radical (unpaired) electrons. The second kappa shape index (κ2) is 7.01. The van der Waals surface area contributed by atoms with E-state index in [4.69, 9.17) is 21.4 Å². The molecule has 0 atom stereocenters. The number of esters is 1. The highest BCUT2D eigenvalue weighted by Crippen LogP contribution is 2.16. The lowest BCUT2D eigenvalue weighted by Crippen LogP contribution is -2.10. The minimum absolute atomic E-state index is 0.0766. The van der Waals surface area contributed by atoms with Crippen molar-refractivity contribution in [2.75, 3.05) is 12.5 Å². The molecule has 4 nitrogen and oxygen atoms in total. The number of rotatable bonds is 6. The van der Waals surface area contributed by atoms with E-state index in [-0.39, 0.29) is 12.2 Å². The van der Waals surface area contributed by atoms with Crippen LogP contribution < -0.4 is 0 Å². The van der Waals surface area contributed by atoms with Crippen LogP contribution in [0.1, 0.15) is 39.6 Å². The first-order chi connectivity index (χ1) is 8.60. The van der Waals surface area contributed by atoms with Crippen molar-refractivity contribution in [3.8, 4) is 0 Å². The predicted octanol–water partition coefficient (Wildman–Crippen LogP) is 2.73. The molecule has 0 amide bonds. The second-order valence-corrected chi connectivity index (χ2v) is 4.07. The van der Waals surface area contributed by atoms with E-state index in [1.807, 2.05) is 0 Å². The zero-order valence-electron chi connectivity index (χ0n) is 10.1. The molecule has 1 aromatic rings. The standard InChI is InChI=1S/C13H15ClO4/c1-2-18-13(17)11-8-10(12(15)16)6-5-9(11)4-3-7-14/h5-6,8H,2-4,7H2,1H3,(H,15,16). The lowest BCUT2D eigenvalue weighted by atomic mass is 10.0. The monoisotopic (exact) mass is 270 g/mol. The molecule has 5 heteroatoms. The van der Waals surface area contributed by atoms with Crippen molar-refractivity contribution >= 4 is 23.5 Å². The fraction of sp³-hybridized carbons (Fsp3) is 0.385. The summed E-state index contributed by atoms with van der Waals surface area (Å²) in [6.45, 7) is 1.96. The van der Waals surface area contributed by atoms with Gasteiger partial charge in [0.25, 0.3) is 0 Å². The quantitative estimate of drug-likeness (QED) is 0.638. The lowest BCUT2D eigenvalue weighted by molar-refractivity contribution is 0.0525. The smallest absolute Gasteiger partial charge is 0.338 e. The fourth-order valence-electron chi connectivity index (χ4n) is 1.58. The average Bonchev–Trinajstić information content (AvgIpc) is 2.36. The van der Waals surface area contributed by atoms with Gasteiger partial charge in [0.2, 0.25) is 0 Å². The third-order valence-corrected chi connectivity index (χ3v) is 2.70. The van der Waals surface area contributed by atoms with E-state index in [2.05, 4.69) is 0 Å². The van der Waals surface area contributed by atoms with E-state index in [0.717, 1.165) is 12.0 Å². The Hall–Kier alpha value is -1.55. The number of aryl methyl sites for hydroxylation is 1. The van der Waals surface area contributed by atoms with Gasteiger partial charge in [-0.25, -0.2) is 9.59 Å². The van der Waals surface area contributed by atoms with Crippen molar-refractivity contribution in [3.63, 3.8) is 0 Å². The summed E-state index contributed by atoms with van der Waals surface area (Å²) in [4.78, 5) is 22.6. The largest absolute Gasteiger partial charge is 0.478 e. The summed E-state index contributed by atoms with van der Waals surface area (Å²) < 4.78 is 4.92. The third-order valence-electron chi connectivity index (χ3n) is 2.43. The van der Waals surface area contributed by atoms with Gasteiger partial charge in [0.1, 0.15) is 0 Å². The Bertz CT molecular complexity index is 443. The Morgan fingerprint density at radius 3 is 2.67 bits per heavy atom. The highest BCUT2D eigenvalue weighted by molar-refractivity contribution is 6.17. The molecule has 0 saturated carbocycles. The van der Waals surface area contributed by atoms with E-state index in [1.165, 1.54) is 12.1 Å². The Morgan fingerprint density at radius 1 is 1.39 bits per heavy atom. The molecular weight excluding hydrogens is 256 g/mol. The highest BCUT2D eigenvalue weighted by Gasteiger charge is 2.15. The van der Waals surface area contributed by atoms with Crippen molar-refractivity contribution in [1.29, 1.82) is 0 Å². The number of carboxylic acids is 1. The van der Waals surface area contributed by atoms with Gasteiger partial charge in [-0.05, 0) is 37.5 Å². The molecule has 1 N–H and O–H groups in total. The molecule has 0 saturated heterocycles. The van der Waals surface area contributed by atoms with Crippen LogP contribution in [-0.2, 0) is 11.2 Å². The number of alkyl halides is 1. The van der Waals surface area contributed by atoms with Crippen molar-refractivity contribution in [2.45, 2.75) is 19.8 Å². The number of halogens is 1. The van der Waals surface area contributed by atoms with Gasteiger partial charge in [0.05, 0.1) is 17.7 Å². The minimum Gasteiger partial charge on any atom is -0.478 e. The van der Waals surface area contributed by atoms with E-state index in [9.17, 15) is 9.59 Å². The summed E-state index contributed by atoms with van der Waals surface area (Å²) in [7, 11) is 0. The number of ether oxygens (including phenoxy) is 1. The van der Waals surface area contributed by atoms with E-state index >= 15 is 0 Å². The maximum absolute atomic E-state index is 11.8. The molecule has 0 aliphatic heterocycles. The molecule has 0 fully saturated rings. The Morgan fingerprint density at radius 2 is 2.11 bits per heavy atom. The van der Waals surface area contributed by atoms with E-state index in [1.54, 1.807) is 13.0 Å². The molecule has 18 heavy (non-hydrogen) atoms. The highest BCUT2D eigenvalue weighted by atomic mass is 35.5. The van der Waals surface area contributed by atoms with Crippen molar-refractivity contribution in [2.24, 2.45) is 0 Å². The van der Waals surface area contributed by atoms with Crippen LogP contribution >= 0.6 is 11.6 Å². The number of hydrogen-bond donors (Lipinski definition) is 1. The molecule has 1 rings (SSSR count). The van der Waals surface area contributed by atoms with Crippen LogP contribution in [0.25, 0.3) is 0 Å². The van der Waals surface area contributed by atoms with Crippen LogP contribution in [0.4, 0.5) is 0 Å². The molecule has 0 spiro atoms. The first kappa shape index (κ1) is 14.5. The van der Waals surface area contributed by atoms with Gasteiger partial charge >= 0.3 is 11.9 Å². The number of carboxylic acid groups (broad SMARTS) is 1. The average molecular weight is 271 g/mol. The molecule has 0 aliphatic carbocycles. The Balaban J connectivity index is 3.09. The molecule has 0 aromatic heterocycles. The third kappa shape index (κ3) is 3.74. The normalized spacial score (nSPS) is 10.1. The summed E-state index contributed by atoms with van der Waals surface area (Å²) in [6, 6.07) is 4.47. The maximum Gasteiger partial charge on any atom is 0.338 e. The molecule has 0 unspecified atom stereocenters. The van der Waals surface area contributed by atoms with Gasteiger partial charge in [0, 0.05) is 5.88 Å². The van der Waals surface area contributed by atoms with E-state index in [0.29, 0.717) is 17.9 Å². The number of aromatic carboxylic acids is 1. The first-order valence-electron chi connectivity index (χ1n) is 5.69. The van der Waals surface area contributed by atoms with Crippen LogP contribution in [0.5, 0.6) is 0 Å². The van der Waals surface area contributed by atoms with Crippen molar-refractivity contribution in [1.82, 2.24) is 0 Å². The van der Waals surface area contributed by atoms with Crippen LogP contribution in [0.3, 0.4) is 0 Å². The topological polar surface area (TPSA) is 63.6 Å². The number of hydrogen-bond acceptors (Lipinski definition) is 3. The Labute approximate surface area is 111 Å². The van der Waals surface area contributed by atoms with Gasteiger partial charge in [-0.1, -0.05) is 6.07 Å². The van der Waals surface area contributed by atoms with Crippen LogP contribution in [-0.4, -0.2) is 29.5 Å². The zero-order valence-corrected chi connectivity index (χ0v) is 10.9. The molecule has 1 aromatic carbocycles. The van der Waals surface area contributed by atoms with Crippen LogP contribution in [0.15, 0.2) is 18.2 Å². The number of benzene rings is 1.